The molecule has 2 heteroatoms. The quantitative estimate of drug-likeness (QED) is 0.619. The van der Waals surface area contributed by atoms with Gasteiger partial charge in [0.1, 0.15) is 0 Å². The highest BCUT2D eigenvalue weighted by Gasteiger charge is 1.97. The summed E-state index contributed by atoms with van der Waals surface area (Å²) in [7, 11) is 0. The average molecular weight is 187 g/mol. The minimum absolute atomic E-state index is 0.592. The van der Waals surface area contributed by atoms with E-state index in [0.717, 1.165) is 0 Å². The molecule has 0 saturated carbocycles. The third-order valence-corrected chi connectivity index (χ3v) is 2.63. The Kier molecular flexibility index (Phi) is 3.16. The maximum Gasteiger partial charge on any atom is 0.0407 e. The topological polar surface area (TPSA) is 0 Å². The second kappa shape index (κ2) is 3.93. The fraction of sp³-hybridized carbons (Fsp3) is 0.333. The summed E-state index contributed by atoms with van der Waals surface area (Å²) in [6.45, 7) is 4.25. The lowest BCUT2D eigenvalue weighted by molar-refractivity contribution is 1.57. The molecular weight excluding hydrogens is 176 g/mol. The number of halogens is 1. The van der Waals surface area contributed by atoms with E-state index in [9.17, 15) is 0 Å². The molecule has 60 valence electrons. The summed E-state index contributed by atoms with van der Waals surface area (Å²) in [5.41, 5.74) is 1.30. The van der Waals surface area contributed by atoms with Crippen molar-refractivity contribution in [3.8, 4) is 0 Å². The third-order valence-electron chi connectivity index (χ3n) is 1.47. The zero-order valence-corrected chi connectivity index (χ0v) is 8.30. The summed E-state index contributed by atoms with van der Waals surface area (Å²) in [6, 6.07) is 2.18. The number of alkyl halides is 1. The second-order valence-corrected chi connectivity index (χ2v) is 4.19. The first kappa shape index (κ1) is 8.82. The Morgan fingerprint density at radius 1 is 1.55 bits per heavy atom. The molecule has 0 atom stereocenters. The molecule has 0 N–H and O–H groups in total. The largest absolute Gasteiger partial charge is 0.145 e. The lowest BCUT2D eigenvalue weighted by Gasteiger charge is -1.86. The molecule has 0 unspecified atom stereocenters. The maximum absolute atomic E-state index is 5.53. The summed E-state index contributed by atoms with van der Waals surface area (Å²) in [5.74, 6) is 0.592. The summed E-state index contributed by atoms with van der Waals surface area (Å²) in [6.07, 6.45) is 4.04. The summed E-state index contributed by atoms with van der Waals surface area (Å²) in [5, 5.41) is 0. The van der Waals surface area contributed by atoms with Gasteiger partial charge in [-0.3, -0.25) is 0 Å². The van der Waals surface area contributed by atoms with Crippen molar-refractivity contribution < 1.29 is 0 Å². The van der Waals surface area contributed by atoms with Gasteiger partial charge in [0.2, 0.25) is 0 Å². The lowest BCUT2D eigenvalue weighted by Crippen LogP contribution is -1.68. The van der Waals surface area contributed by atoms with Gasteiger partial charge in [-0.1, -0.05) is 12.2 Å². The highest BCUT2D eigenvalue weighted by molar-refractivity contribution is 7.12. The molecular formula is C9H11ClS. The highest BCUT2D eigenvalue weighted by Crippen LogP contribution is 2.21. The van der Waals surface area contributed by atoms with Crippen LogP contribution in [0.3, 0.4) is 0 Å². The minimum Gasteiger partial charge on any atom is -0.145 e. The van der Waals surface area contributed by atoms with E-state index in [0.29, 0.717) is 5.88 Å². The van der Waals surface area contributed by atoms with E-state index in [2.05, 4.69) is 26.0 Å². The van der Waals surface area contributed by atoms with Crippen molar-refractivity contribution in [2.75, 3.05) is 5.88 Å². The van der Waals surface area contributed by atoms with Crippen molar-refractivity contribution in [3.05, 3.63) is 27.5 Å². The van der Waals surface area contributed by atoms with Crippen LogP contribution in [-0.2, 0) is 0 Å². The predicted octanol–water partition coefficient (Wildman–Crippen LogP) is 3.62. The Balaban J connectivity index is 2.85. The second-order valence-electron chi connectivity index (χ2n) is 2.43. The molecule has 1 aromatic heterocycles. The average Bonchev–Trinajstić information content (AvgIpc) is 2.26. The van der Waals surface area contributed by atoms with Crippen molar-refractivity contribution in [1.29, 1.82) is 0 Å². The lowest BCUT2D eigenvalue weighted by atomic mass is 10.2. The van der Waals surface area contributed by atoms with E-state index in [1.807, 2.05) is 17.4 Å². The van der Waals surface area contributed by atoms with Gasteiger partial charge in [0.25, 0.3) is 0 Å². The molecule has 0 radical (unpaired) electrons. The Morgan fingerprint density at radius 2 is 2.27 bits per heavy atom. The molecule has 0 saturated heterocycles. The van der Waals surface area contributed by atoms with Crippen molar-refractivity contribution in [2.24, 2.45) is 0 Å². The van der Waals surface area contributed by atoms with Gasteiger partial charge in [-0.25, -0.2) is 0 Å². The first-order chi connectivity index (χ1) is 5.24. The van der Waals surface area contributed by atoms with E-state index in [-0.39, 0.29) is 0 Å². The zero-order valence-electron chi connectivity index (χ0n) is 6.73. The standard InChI is InChI=1S/C9H11ClS/c1-7-6-9(4-3-5-10)8(2)11-7/h3-4,6H,5H2,1-2H3. The van der Waals surface area contributed by atoms with E-state index < -0.39 is 0 Å². The van der Waals surface area contributed by atoms with Gasteiger partial charge < -0.3 is 0 Å². The Labute approximate surface area is 76.5 Å². The summed E-state index contributed by atoms with van der Waals surface area (Å²) >= 11 is 7.35. The van der Waals surface area contributed by atoms with Gasteiger partial charge in [-0.05, 0) is 25.5 Å². The molecule has 1 heterocycles. The molecule has 0 nitrogen and oxygen atoms in total. The number of hydrogen-bond acceptors (Lipinski definition) is 1. The van der Waals surface area contributed by atoms with Gasteiger partial charge in [0.05, 0.1) is 0 Å². The van der Waals surface area contributed by atoms with Gasteiger partial charge >= 0.3 is 0 Å². The van der Waals surface area contributed by atoms with Crippen molar-refractivity contribution in [3.63, 3.8) is 0 Å². The molecule has 0 aliphatic heterocycles. The van der Waals surface area contributed by atoms with Crippen LogP contribution >= 0.6 is 22.9 Å². The monoisotopic (exact) mass is 186 g/mol. The summed E-state index contributed by atoms with van der Waals surface area (Å²) < 4.78 is 0. The van der Waals surface area contributed by atoms with Crippen LogP contribution in [0.1, 0.15) is 15.3 Å². The normalized spacial score (nSPS) is 11.2. The molecule has 0 spiro atoms. The van der Waals surface area contributed by atoms with Crippen LogP contribution in [0.5, 0.6) is 0 Å². The highest BCUT2D eigenvalue weighted by atomic mass is 35.5. The van der Waals surface area contributed by atoms with E-state index in [4.69, 9.17) is 11.6 Å². The van der Waals surface area contributed by atoms with Crippen LogP contribution in [0.2, 0.25) is 0 Å². The third kappa shape index (κ3) is 2.35. The maximum atomic E-state index is 5.53. The molecule has 0 fully saturated rings. The van der Waals surface area contributed by atoms with Crippen molar-refractivity contribution in [1.82, 2.24) is 0 Å². The van der Waals surface area contributed by atoms with Crippen LogP contribution in [0.25, 0.3) is 6.08 Å². The molecule has 0 bridgehead atoms. The first-order valence-electron chi connectivity index (χ1n) is 3.53. The molecule has 0 aromatic carbocycles. The Hall–Kier alpha value is -0.270. The molecule has 0 aliphatic rings. The Morgan fingerprint density at radius 3 is 2.73 bits per heavy atom. The number of thiophene rings is 1. The van der Waals surface area contributed by atoms with Crippen molar-refractivity contribution in [2.45, 2.75) is 13.8 Å². The van der Waals surface area contributed by atoms with Gasteiger partial charge in [0.15, 0.2) is 0 Å². The molecule has 0 amide bonds. The number of rotatable bonds is 2. The number of aryl methyl sites for hydroxylation is 2. The number of allylic oxidation sites excluding steroid dienone is 1. The molecule has 0 aliphatic carbocycles. The van der Waals surface area contributed by atoms with Gasteiger partial charge in [0, 0.05) is 15.6 Å². The smallest absolute Gasteiger partial charge is 0.0407 e. The fourth-order valence-corrected chi connectivity index (χ4v) is 1.99. The predicted molar refractivity (Wildman–Crippen MR) is 53.5 cm³/mol. The molecule has 1 rings (SSSR count). The van der Waals surface area contributed by atoms with Gasteiger partial charge in [-0.2, -0.15) is 0 Å². The molecule has 11 heavy (non-hydrogen) atoms. The number of hydrogen-bond donors (Lipinski definition) is 0. The fourth-order valence-electron chi connectivity index (χ4n) is 0.987. The van der Waals surface area contributed by atoms with Crippen LogP contribution < -0.4 is 0 Å². The van der Waals surface area contributed by atoms with Crippen LogP contribution in [0, 0.1) is 13.8 Å². The summed E-state index contributed by atoms with van der Waals surface area (Å²) in [4.78, 5) is 2.72. The first-order valence-corrected chi connectivity index (χ1v) is 4.88. The Bertz CT molecular complexity index is 261. The van der Waals surface area contributed by atoms with E-state index >= 15 is 0 Å². The molecule has 1 aromatic rings. The van der Waals surface area contributed by atoms with Crippen molar-refractivity contribution >= 4 is 29.0 Å². The minimum atomic E-state index is 0.592. The van der Waals surface area contributed by atoms with E-state index in [1.54, 1.807) is 0 Å². The SMILES string of the molecule is Cc1cc(C=CCCl)c(C)s1. The van der Waals surface area contributed by atoms with Crippen LogP contribution in [0.15, 0.2) is 12.1 Å². The van der Waals surface area contributed by atoms with Crippen LogP contribution in [0.4, 0.5) is 0 Å². The van der Waals surface area contributed by atoms with Gasteiger partial charge in [-0.15, -0.1) is 22.9 Å². The zero-order chi connectivity index (χ0) is 8.27. The van der Waals surface area contributed by atoms with Crippen LogP contribution in [-0.4, -0.2) is 5.88 Å². The van der Waals surface area contributed by atoms with E-state index in [1.165, 1.54) is 15.3 Å².